The minimum atomic E-state index is -4.42. The number of hydrogen-bond acceptors (Lipinski definition) is 7. The SMILES string of the molecule is N#Cc1ccc(S(=O)(=O)n2c(=O)n(C(C(=O)N3CCN(c4ccncc4)CC3)c3ccccc3)c3cc(Cl)ccc32)cc1. The van der Waals surface area contributed by atoms with E-state index in [0.29, 0.717) is 35.7 Å². The van der Waals surface area contributed by atoms with Gasteiger partial charge in [-0.25, -0.2) is 13.2 Å². The van der Waals surface area contributed by atoms with Crippen molar-refractivity contribution in [2.24, 2.45) is 0 Å². The highest BCUT2D eigenvalue weighted by Crippen LogP contribution is 2.29. The van der Waals surface area contributed by atoms with Crippen LogP contribution < -0.4 is 10.6 Å². The van der Waals surface area contributed by atoms with Crippen LogP contribution in [0.15, 0.2) is 107 Å². The molecule has 6 rings (SSSR count). The van der Waals surface area contributed by atoms with Crippen LogP contribution in [0.3, 0.4) is 0 Å². The summed E-state index contributed by atoms with van der Waals surface area (Å²) in [6.45, 7) is 1.96. The van der Waals surface area contributed by atoms with Gasteiger partial charge in [0.15, 0.2) is 0 Å². The third kappa shape index (κ3) is 5.16. The summed E-state index contributed by atoms with van der Waals surface area (Å²) in [4.78, 5) is 36.3. The van der Waals surface area contributed by atoms with Crippen LogP contribution in [0.4, 0.5) is 5.69 Å². The van der Waals surface area contributed by atoms with Crippen molar-refractivity contribution in [2.45, 2.75) is 10.9 Å². The molecule has 12 heteroatoms. The Bertz CT molecular complexity index is 2010. The lowest BCUT2D eigenvalue weighted by Crippen LogP contribution is -2.51. The smallest absolute Gasteiger partial charge is 0.344 e. The third-order valence-electron chi connectivity index (χ3n) is 7.54. The summed E-state index contributed by atoms with van der Waals surface area (Å²) in [5.74, 6) is -0.336. The molecule has 1 amide bonds. The summed E-state index contributed by atoms with van der Waals surface area (Å²) in [6.07, 6.45) is 3.44. The van der Waals surface area contributed by atoms with E-state index in [1.165, 1.54) is 47.0 Å². The molecule has 1 aliphatic rings. The monoisotopic (exact) mass is 612 g/mol. The zero-order valence-corrected chi connectivity index (χ0v) is 24.3. The topological polar surface area (TPSA) is 121 Å². The number of hydrogen-bond donors (Lipinski definition) is 0. The van der Waals surface area contributed by atoms with Crippen LogP contribution in [-0.2, 0) is 14.8 Å². The van der Waals surface area contributed by atoms with E-state index in [2.05, 4.69) is 9.88 Å². The van der Waals surface area contributed by atoms with E-state index in [-0.39, 0.29) is 32.4 Å². The number of amides is 1. The summed E-state index contributed by atoms with van der Waals surface area (Å²) in [5, 5.41) is 9.43. The fourth-order valence-electron chi connectivity index (χ4n) is 5.40. The lowest BCUT2D eigenvalue weighted by molar-refractivity contribution is -0.133. The van der Waals surface area contributed by atoms with Gasteiger partial charge in [-0.15, -0.1) is 0 Å². The van der Waals surface area contributed by atoms with E-state index in [1.54, 1.807) is 47.6 Å². The van der Waals surface area contributed by atoms with E-state index in [0.717, 1.165) is 5.69 Å². The van der Waals surface area contributed by atoms with E-state index in [1.807, 2.05) is 18.2 Å². The first-order valence-corrected chi connectivity index (χ1v) is 15.3. The van der Waals surface area contributed by atoms with Crippen molar-refractivity contribution >= 4 is 44.3 Å². The molecule has 216 valence electrons. The van der Waals surface area contributed by atoms with Crippen LogP contribution in [0.2, 0.25) is 5.02 Å². The zero-order valence-electron chi connectivity index (χ0n) is 22.7. The van der Waals surface area contributed by atoms with Crippen molar-refractivity contribution in [3.63, 3.8) is 0 Å². The summed E-state index contributed by atoms with van der Waals surface area (Å²) >= 11 is 6.36. The molecule has 0 aliphatic carbocycles. The molecule has 1 aliphatic heterocycles. The second kappa shape index (κ2) is 11.4. The molecular weight excluding hydrogens is 588 g/mol. The quantitative estimate of drug-likeness (QED) is 0.285. The Hall–Kier alpha value is -4.92. The largest absolute Gasteiger partial charge is 0.368 e. The fourth-order valence-corrected chi connectivity index (χ4v) is 6.97. The number of rotatable bonds is 6. The molecule has 0 spiro atoms. The van der Waals surface area contributed by atoms with Gasteiger partial charge in [0.05, 0.1) is 27.6 Å². The average Bonchev–Trinajstić information content (AvgIpc) is 3.33. The Morgan fingerprint density at radius 1 is 0.884 bits per heavy atom. The molecule has 5 aromatic rings. The van der Waals surface area contributed by atoms with Crippen LogP contribution in [0.5, 0.6) is 0 Å². The lowest BCUT2D eigenvalue weighted by Gasteiger charge is -2.37. The number of benzene rings is 3. The van der Waals surface area contributed by atoms with Crippen LogP contribution in [0.25, 0.3) is 11.0 Å². The van der Waals surface area contributed by atoms with Gasteiger partial charge in [-0.2, -0.15) is 9.23 Å². The number of halogens is 1. The molecule has 3 aromatic carbocycles. The number of nitrogens with zero attached hydrogens (tertiary/aromatic N) is 6. The van der Waals surface area contributed by atoms with Gasteiger partial charge in [0.2, 0.25) is 0 Å². The molecule has 1 unspecified atom stereocenters. The first kappa shape index (κ1) is 28.2. The Morgan fingerprint density at radius 3 is 2.21 bits per heavy atom. The Labute approximate surface area is 252 Å². The molecule has 3 heterocycles. The fraction of sp³-hybridized carbons (Fsp3) is 0.161. The highest BCUT2D eigenvalue weighted by Gasteiger charge is 2.35. The van der Waals surface area contributed by atoms with E-state index < -0.39 is 21.8 Å². The van der Waals surface area contributed by atoms with Gasteiger partial charge in [0.1, 0.15) is 6.04 Å². The average molecular weight is 613 g/mol. The van der Waals surface area contributed by atoms with Gasteiger partial charge >= 0.3 is 5.69 Å². The Kier molecular flexibility index (Phi) is 7.48. The van der Waals surface area contributed by atoms with Crippen LogP contribution >= 0.6 is 11.6 Å². The van der Waals surface area contributed by atoms with Gasteiger partial charge in [0.25, 0.3) is 15.9 Å². The number of nitriles is 1. The molecule has 43 heavy (non-hydrogen) atoms. The van der Waals surface area contributed by atoms with Crippen LogP contribution in [0.1, 0.15) is 17.2 Å². The van der Waals surface area contributed by atoms with E-state index >= 15 is 0 Å². The highest BCUT2D eigenvalue weighted by molar-refractivity contribution is 7.90. The molecule has 1 fully saturated rings. The molecule has 0 saturated carbocycles. The van der Waals surface area contributed by atoms with Crippen molar-refractivity contribution in [1.82, 2.24) is 18.4 Å². The van der Waals surface area contributed by atoms with Gasteiger partial charge < -0.3 is 9.80 Å². The predicted octanol–water partition coefficient (Wildman–Crippen LogP) is 3.90. The molecular formula is C31H25ClN6O4S. The van der Waals surface area contributed by atoms with E-state index in [9.17, 15) is 18.0 Å². The molecule has 1 saturated heterocycles. The van der Waals surface area contributed by atoms with Crippen molar-refractivity contribution in [2.75, 3.05) is 31.1 Å². The van der Waals surface area contributed by atoms with Gasteiger partial charge in [-0.1, -0.05) is 41.9 Å². The molecule has 0 radical (unpaired) electrons. The number of carbonyl (C=O) groups excluding carboxylic acids is 1. The Balaban J connectivity index is 1.47. The maximum atomic E-state index is 14.3. The summed E-state index contributed by atoms with van der Waals surface area (Å²) in [7, 11) is -4.42. The summed E-state index contributed by atoms with van der Waals surface area (Å²) < 4.78 is 29.7. The molecule has 0 bridgehead atoms. The maximum absolute atomic E-state index is 14.3. The maximum Gasteiger partial charge on any atom is 0.344 e. The first-order chi connectivity index (χ1) is 20.8. The van der Waals surface area contributed by atoms with Crippen LogP contribution in [0, 0.1) is 11.3 Å². The third-order valence-corrected chi connectivity index (χ3v) is 9.48. The van der Waals surface area contributed by atoms with Crippen LogP contribution in [-0.4, -0.2) is 58.9 Å². The first-order valence-electron chi connectivity index (χ1n) is 13.5. The zero-order chi connectivity index (χ0) is 30.1. The minimum absolute atomic E-state index is 0.0787. The standard InChI is InChI=1S/C31H25ClN6O4S/c32-24-8-11-27-28(20-24)37(31(40)38(27)43(41,42)26-9-6-22(21-33)7-10-26)29(23-4-2-1-3-5-23)30(39)36-18-16-35(17-19-36)25-12-14-34-15-13-25/h1-15,20,29H,16-19H2. The van der Waals surface area contributed by atoms with Crippen molar-refractivity contribution < 1.29 is 13.2 Å². The van der Waals surface area contributed by atoms with Gasteiger partial charge in [-0.05, 0) is 60.2 Å². The number of imidazole rings is 1. The van der Waals surface area contributed by atoms with Crippen molar-refractivity contribution in [1.29, 1.82) is 5.26 Å². The second-order valence-electron chi connectivity index (χ2n) is 10.0. The van der Waals surface area contributed by atoms with Crippen molar-refractivity contribution in [3.8, 4) is 6.07 Å². The molecule has 1 atom stereocenters. The van der Waals surface area contributed by atoms with E-state index in [4.69, 9.17) is 16.9 Å². The molecule has 10 nitrogen and oxygen atoms in total. The molecule has 2 aromatic heterocycles. The Morgan fingerprint density at radius 2 is 1.56 bits per heavy atom. The predicted molar refractivity (Wildman–Crippen MR) is 163 cm³/mol. The number of aromatic nitrogens is 3. The minimum Gasteiger partial charge on any atom is -0.368 e. The normalized spacial score (nSPS) is 14.4. The number of carbonyl (C=O) groups is 1. The number of pyridine rings is 1. The highest BCUT2D eigenvalue weighted by atomic mass is 35.5. The van der Waals surface area contributed by atoms with Gasteiger partial charge in [-0.3, -0.25) is 14.3 Å². The summed E-state index contributed by atoms with van der Waals surface area (Å²) in [5.41, 5.74) is 1.19. The number of fused-ring (bicyclic) bond motifs is 1. The summed E-state index contributed by atoms with van der Waals surface area (Å²) in [6, 6.07) is 23.2. The molecule has 0 N–H and O–H groups in total. The van der Waals surface area contributed by atoms with Gasteiger partial charge in [0, 0.05) is 49.3 Å². The number of piperazine rings is 1. The lowest BCUT2D eigenvalue weighted by atomic mass is 10.0. The second-order valence-corrected chi connectivity index (χ2v) is 12.2. The number of anilines is 1. The van der Waals surface area contributed by atoms with Crippen molar-refractivity contribution in [3.05, 3.63) is 124 Å².